The van der Waals surface area contributed by atoms with Crippen molar-refractivity contribution in [3.63, 3.8) is 0 Å². The molecule has 2 heterocycles. The fourth-order valence-corrected chi connectivity index (χ4v) is 2.36. The topological polar surface area (TPSA) is 76.4 Å². The Kier molecular flexibility index (Phi) is 3.52. The van der Waals surface area contributed by atoms with E-state index in [-0.39, 0.29) is 6.10 Å². The second-order valence-corrected chi connectivity index (χ2v) is 4.41. The zero-order valence-corrected chi connectivity index (χ0v) is 11.1. The SMILES string of the molecule is CC.Cc1nc(C2CC(O)C2)n2ccnc(N)c12. The van der Waals surface area contributed by atoms with Crippen molar-refractivity contribution in [1.82, 2.24) is 14.4 Å². The number of hydrogen-bond donors (Lipinski definition) is 2. The molecule has 0 aliphatic heterocycles. The normalized spacial score (nSPS) is 22.2. The highest BCUT2D eigenvalue weighted by Crippen LogP contribution is 2.37. The molecule has 1 saturated carbocycles. The monoisotopic (exact) mass is 248 g/mol. The lowest BCUT2D eigenvalue weighted by Gasteiger charge is -2.30. The first-order valence-electron chi connectivity index (χ1n) is 6.44. The van der Waals surface area contributed by atoms with E-state index < -0.39 is 0 Å². The summed E-state index contributed by atoms with van der Waals surface area (Å²) in [5.74, 6) is 1.85. The molecule has 0 unspecified atom stereocenters. The van der Waals surface area contributed by atoms with Gasteiger partial charge < -0.3 is 10.8 Å². The molecule has 5 heteroatoms. The molecule has 0 spiro atoms. The van der Waals surface area contributed by atoms with E-state index >= 15 is 0 Å². The van der Waals surface area contributed by atoms with E-state index in [4.69, 9.17) is 5.73 Å². The number of fused-ring (bicyclic) bond motifs is 1. The minimum atomic E-state index is -0.170. The lowest BCUT2D eigenvalue weighted by Crippen LogP contribution is -2.27. The van der Waals surface area contributed by atoms with Gasteiger partial charge in [-0.3, -0.25) is 4.40 Å². The second kappa shape index (κ2) is 4.94. The molecule has 0 aromatic carbocycles. The van der Waals surface area contributed by atoms with Crippen LogP contribution in [0, 0.1) is 6.92 Å². The number of aryl methyl sites for hydroxylation is 1. The van der Waals surface area contributed by atoms with Crippen LogP contribution in [0.1, 0.15) is 44.1 Å². The van der Waals surface area contributed by atoms with Gasteiger partial charge in [0.2, 0.25) is 0 Å². The smallest absolute Gasteiger partial charge is 0.149 e. The largest absolute Gasteiger partial charge is 0.393 e. The number of aliphatic hydroxyl groups excluding tert-OH is 1. The summed E-state index contributed by atoms with van der Waals surface area (Å²) in [7, 11) is 0. The quantitative estimate of drug-likeness (QED) is 0.808. The van der Waals surface area contributed by atoms with E-state index in [9.17, 15) is 5.11 Å². The number of nitrogens with zero attached hydrogens (tertiary/aromatic N) is 3. The van der Waals surface area contributed by atoms with Gasteiger partial charge in [-0.25, -0.2) is 9.97 Å². The first kappa shape index (κ1) is 12.8. The van der Waals surface area contributed by atoms with Crippen molar-refractivity contribution in [2.24, 2.45) is 0 Å². The zero-order valence-electron chi connectivity index (χ0n) is 11.1. The zero-order chi connectivity index (χ0) is 13.3. The maximum Gasteiger partial charge on any atom is 0.149 e. The molecule has 0 atom stereocenters. The molecule has 5 nitrogen and oxygen atoms in total. The standard InChI is InChI=1S/C11H14N4O.C2H6/c1-6-9-10(12)13-2-3-15(9)11(14-6)7-4-8(16)5-7;1-2/h2-3,7-8,16H,4-5H2,1H3,(H2,12,13);1-2H3. The molecule has 0 radical (unpaired) electrons. The van der Waals surface area contributed by atoms with Gasteiger partial charge in [-0.2, -0.15) is 0 Å². The molecule has 1 aliphatic rings. The van der Waals surface area contributed by atoms with Crippen molar-refractivity contribution >= 4 is 11.3 Å². The summed E-state index contributed by atoms with van der Waals surface area (Å²) in [6.07, 6.45) is 4.98. The van der Waals surface area contributed by atoms with Crippen LogP contribution in [0.25, 0.3) is 5.52 Å². The molecule has 0 saturated heterocycles. The van der Waals surface area contributed by atoms with E-state index in [1.807, 2.05) is 31.4 Å². The van der Waals surface area contributed by atoms with Crippen LogP contribution < -0.4 is 5.73 Å². The molecular formula is C13H20N4O. The van der Waals surface area contributed by atoms with E-state index in [0.717, 1.165) is 29.9 Å². The van der Waals surface area contributed by atoms with Crippen LogP contribution in [-0.2, 0) is 0 Å². The maximum atomic E-state index is 9.34. The first-order valence-corrected chi connectivity index (χ1v) is 6.44. The van der Waals surface area contributed by atoms with E-state index in [0.29, 0.717) is 11.7 Å². The van der Waals surface area contributed by atoms with Gasteiger partial charge in [0.1, 0.15) is 17.2 Å². The molecule has 3 N–H and O–H groups in total. The molecular weight excluding hydrogens is 228 g/mol. The Hall–Kier alpha value is -1.62. The number of nitrogens with two attached hydrogens (primary N) is 1. The van der Waals surface area contributed by atoms with Gasteiger partial charge in [0.05, 0.1) is 11.8 Å². The molecule has 1 aliphatic carbocycles. The first-order chi connectivity index (χ1) is 8.66. The van der Waals surface area contributed by atoms with Crippen LogP contribution in [0.5, 0.6) is 0 Å². The Morgan fingerprint density at radius 3 is 2.67 bits per heavy atom. The minimum Gasteiger partial charge on any atom is -0.393 e. The highest BCUT2D eigenvalue weighted by molar-refractivity contribution is 5.68. The maximum absolute atomic E-state index is 9.34. The highest BCUT2D eigenvalue weighted by atomic mass is 16.3. The number of aromatic nitrogens is 3. The predicted octanol–water partition coefficient (Wildman–Crippen LogP) is 1.88. The average Bonchev–Trinajstić information content (AvgIpc) is 2.67. The Balaban J connectivity index is 0.000000574. The lowest BCUT2D eigenvalue weighted by atomic mass is 9.82. The van der Waals surface area contributed by atoms with E-state index in [1.165, 1.54) is 0 Å². The van der Waals surface area contributed by atoms with Crippen LogP contribution in [0.3, 0.4) is 0 Å². The van der Waals surface area contributed by atoms with Crippen LogP contribution >= 0.6 is 0 Å². The number of imidazole rings is 1. The molecule has 18 heavy (non-hydrogen) atoms. The highest BCUT2D eigenvalue weighted by Gasteiger charge is 2.32. The second-order valence-electron chi connectivity index (χ2n) is 4.41. The number of rotatable bonds is 1. The third-order valence-corrected chi connectivity index (χ3v) is 3.26. The molecule has 1 fully saturated rings. The van der Waals surface area contributed by atoms with Gasteiger partial charge in [-0.05, 0) is 19.8 Å². The summed E-state index contributed by atoms with van der Waals surface area (Å²) in [6.45, 7) is 5.94. The van der Waals surface area contributed by atoms with E-state index in [2.05, 4.69) is 9.97 Å². The molecule has 3 rings (SSSR count). The molecule has 98 valence electrons. The Bertz CT molecular complexity index is 543. The predicted molar refractivity (Wildman–Crippen MR) is 71.5 cm³/mol. The van der Waals surface area contributed by atoms with E-state index in [1.54, 1.807) is 6.20 Å². The van der Waals surface area contributed by atoms with Crippen molar-refractivity contribution in [2.45, 2.75) is 45.6 Å². The van der Waals surface area contributed by atoms with Gasteiger partial charge in [0.25, 0.3) is 0 Å². The van der Waals surface area contributed by atoms with Crippen LogP contribution in [0.4, 0.5) is 5.82 Å². The fourth-order valence-electron chi connectivity index (χ4n) is 2.36. The molecule has 0 amide bonds. The number of hydrogen-bond acceptors (Lipinski definition) is 4. The molecule has 2 aromatic heterocycles. The van der Waals surface area contributed by atoms with Gasteiger partial charge >= 0.3 is 0 Å². The fraction of sp³-hybridized carbons (Fsp3) is 0.538. The lowest BCUT2D eigenvalue weighted by molar-refractivity contribution is 0.0715. The average molecular weight is 248 g/mol. The van der Waals surface area contributed by atoms with Crippen molar-refractivity contribution < 1.29 is 5.11 Å². The molecule has 2 aromatic rings. The summed E-state index contributed by atoms with van der Waals surface area (Å²) in [5.41, 5.74) is 7.63. The van der Waals surface area contributed by atoms with Crippen molar-refractivity contribution in [1.29, 1.82) is 0 Å². The Morgan fingerprint density at radius 1 is 1.39 bits per heavy atom. The summed E-state index contributed by atoms with van der Waals surface area (Å²) >= 11 is 0. The number of aliphatic hydroxyl groups is 1. The van der Waals surface area contributed by atoms with Crippen molar-refractivity contribution in [3.05, 3.63) is 23.9 Å². The van der Waals surface area contributed by atoms with Crippen LogP contribution in [0.2, 0.25) is 0 Å². The van der Waals surface area contributed by atoms with Gasteiger partial charge in [0, 0.05) is 18.3 Å². The molecule has 0 bridgehead atoms. The number of nitrogen functional groups attached to an aromatic ring is 1. The van der Waals surface area contributed by atoms with Gasteiger partial charge in [-0.15, -0.1) is 0 Å². The van der Waals surface area contributed by atoms with Crippen molar-refractivity contribution in [2.75, 3.05) is 5.73 Å². The summed E-state index contributed by atoms with van der Waals surface area (Å²) in [6, 6.07) is 0. The third-order valence-electron chi connectivity index (χ3n) is 3.26. The summed E-state index contributed by atoms with van der Waals surface area (Å²) in [4.78, 5) is 8.61. The van der Waals surface area contributed by atoms with Crippen LogP contribution in [-0.4, -0.2) is 25.6 Å². The van der Waals surface area contributed by atoms with Gasteiger partial charge in [-0.1, -0.05) is 13.8 Å². The summed E-state index contributed by atoms with van der Waals surface area (Å²) < 4.78 is 1.99. The third kappa shape index (κ3) is 1.95. The minimum absolute atomic E-state index is 0.170. The Morgan fingerprint density at radius 2 is 2.06 bits per heavy atom. The summed E-state index contributed by atoms with van der Waals surface area (Å²) in [5, 5.41) is 9.34. The van der Waals surface area contributed by atoms with Gasteiger partial charge in [0.15, 0.2) is 0 Å². The van der Waals surface area contributed by atoms with Crippen LogP contribution in [0.15, 0.2) is 12.4 Å². The Labute approximate surface area is 107 Å². The number of anilines is 1. The van der Waals surface area contributed by atoms with Crippen molar-refractivity contribution in [3.8, 4) is 0 Å².